The summed E-state index contributed by atoms with van der Waals surface area (Å²) in [5.74, 6) is 0.730. The van der Waals surface area contributed by atoms with Crippen LogP contribution in [0.3, 0.4) is 0 Å². The fourth-order valence-corrected chi connectivity index (χ4v) is 3.85. The second-order valence-corrected chi connectivity index (χ2v) is 6.37. The first-order chi connectivity index (χ1) is 8.83. The predicted molar refractivity (Wildman–Crippen MR) is 75.5 cm³/mol. The fraction of sp³-hybridized carbons (Fsp3) is 0.500. The maximum absolute atomic E-state index is 4.63. The van der Waals surface area contributed by atoms with Crippen LogP contribution in [-0.4, -0.2) is 29.7 Å². The molecule has 4 heterocycles. The lowest BCUT2D eigenvalue weighted by molar-refractivity contribution is 0.133. The Labute approximate surface area is 115 Å². The van der Waals surface area contributed by atoms with Crippen LogP contribution in [0, 0.1) is 5.92 Å². The second kappa shape index (κ2) is 4.07. The van der Waals surface area contributed by atoms with E-state index >= 15 is 0 Å². The first-order valence-corrected chi connectivity index (χ1v) is 7.45. The summed E-state index contributed by atoms with van der Waals surface area (Å²) < 4.78 is 1.14. The molecule has 1 aromatic rings. The van der Waals surface area contributed by atoms with Crippen molar-refractivity contribution in [2.75, 3.05) is 13.1 Å². The van der Waals surface area contributed by atoms with E-state index in [1.807, 2.05) is 0 Å². The molecule has 4 heteroatoms. The molecule has 2 bridgehead atoms. The van der Waals surface area contributed by atoms with E-state index < -0.39 is 0 Å². The smallest absolute Gasteiger partial charge is 0.0899 e. The Kier molecular flexibility index (Phi) is 2.49. The fourth-order valence-electron chi connectivity index (χ4n) is 3.58. The molecule has 5 rings (SSSR count). The Hall–Kier alpha value is -0.870. The van der Waals surface area contributed by atoms with E-state index in [-0.39, 0.29) is 0 Å². The Morgan fingerprint density at radius 1 is 1.17 bits per heavy atom. The van der Waals surface area contributed by atoms with Gasteiger partial charge in [0.25, 0.3) is 0 Å². The molecule has 0 aliphatic carbocycles. The van der Waals surface area contributed by atoms with Crippen LogP contribution in [0.2, 0.25) is 0 Å². The number of halogens is 1. The number of piperidine rings is 3. The number of hydrogen-bond acceptors (Lipinski definition) is 3. The zero-order chi connectivity index (χ0) is 12.1. The highest BCUT2D eigenvalue weighted by atomic mass is 79.9. The van der Waals surface area contributed by atoms with Gasteiger partial charge in [-0.3, -0.25) is 4.90 Å². The van der Waals surface area contributed by atoms with Crippen molar-refractivity contribution in [1.82, 2.24) is 10.3 Å². The molecule has 0 saturated carbocycles. The predicted octanol–water partition coefficient (Wildman–Crippen LogP) is 2.54. The van der Waals surface area contributed by atoms with Crippen LogP contribution in [0.25, 0.3) is 0 Å². The van der Waals surface area contributed by atoms with Crippen LogP contribution >= 0.6 is 15.9 Å². The van der Waals surface area contributed by atoms with E-state index in [2.05, 4.69) is 55.6 Å². The minimum Gasteiger partial charge on any atom is -0.301 e. The number of hydrogen-bond donors (Lipinski definition) is 1. The first-order valence-electron chi connectivity index (χ1n) is 6.65. The third-order valence-electron chi connectivity index (χ3n) is 4.52. The van der Waals surface area contributed by atoms with Crippen LogP contribution in [0.4, 0.5) is 0 Å². The third-order valence-corrected chi connectivity index (χ3v) is 5.05. The highest BCUT2D eigenvalue weighted by Crippen LogP contribution is 2.38. The van der Waals surface area contributed by atoms with E-state index in [0.29, 0.717) is 12.1 Å². The van der Waals surface area contributed by atoms with Crippen molar-refractivity contribution in [2.45, 2.75) is 24.9 Å². The number of hydrazone groups is 1. The standard InChI is InChI=1S/C14H16BrN3/c15-11-3-1-9(2-4-11)12-14-13(17-16-12)10-5-7-18(14)8-6-10/h1-4,10,12,14,16H,5-8H2. The van der Waals surface area contributed by atoms with Crippen molar-refractivity contribution in [2.24, 2.45) is 11.0 Å². The SMILES string of the molecule is Brc1ccc(C2NN=C3C4CCN(CC4)C32)cc1. The molecule has 0 aromatic heterocycles. The quantitative estimate of drug-likeness (QED) is 0.863. The van der Waals surface area contributed by atoms with Gasteiger partial charge in [0.1, 0.15) is 0 Å². The van der Waals surface area contributed by atoms with Gasteiger partial charge >= 0.3 is 0 Å². The van der Waals surface area contributed by atoms with Gasteiger partial charge in [-0.15, -0.1) is 0 Å². The van der Waals surface area contributed by atoms with Gasteiger partial charge in [0.05, 0.1) is 17.8 Å². The Bertz CT molecular complexity index is 488. The van der Waals surface area contributed by atoms with Crippen molar-refractivity contribution >= 4 is 21.6 Å². The monoisotopic (exact) mass is 305 g/mol. The van der Waals surface area contributed by atoms with E-state index in [4.69, 9.17) is 0 Å². The lowest BCUT2D eigenvalue weighted by Gasteiger charge is -2.45. The number of nitrogens with zero attached hydrogens (tertiary/aromatic N) is 2. The highest BCUT2D eigenvalue weighted by Gasteiger charge is 2.46. The third kappa shape index (κ3) is 1.55. The molecule has 1 N–H and O–H groups in total. The molecule has 4 aliphatic heterocycles. The topological polar surface area (TPSA) is 27.6 Å². The van der Waals surface area contributed by atoms with Crippen LogP contribution in [0.5, 0.6) is 0 Å². The second-order valence-electron chi connectivity index (χ2n) is 5.45. The summed E-state index contributed by atoms with van der Waals surface area (Å²) in [6.45, 7) is 2.48. The lowest BCUT2D eigenvalue weighted by atomic mass is 9.78. The molecule has 0 radical (unpaired) electrons. The van der Waals surface area contributed by atoms with E-state index in [1.165, 1.54) is 37.2 Å². The summed E-state index contributed by atoms with van der Waals surface area (Å²) in [6, 6.07) is 9.47. The maximum atomic E-state index is 4.63. The Morgan fingerprint density at radius 2 is 1.89 bits per heavy atom. The summed E-state index contributed by atoms with van der Waals surface area (Å²) in [5, 5.41) is 4.63. The van der Waals surface area contributed by atoms with Gasteiger partial charge in [-0.2, -0.15) is 5.10 Å². The maximum Gasteiger partial charge on any atom is 0.0899 e. The molecule has 94 valence electrons. The van der Waals surface area contributed by atoms with Gasteiger partial charge in [0.15, 0.2) is 0 Å². The normalized spacial score (nSPS) is 37.1. The van der Waals surface area contributed by atoms with Gasteiger partial charge in [0.2, 0.25) is 0 Å². The highest BCUT2D eigenvalue weighted by molar-refractivity contribution is 9.10. The molecule has 3 nitrogen and oxygen atoms in total. The van der Waals surface area contributed by atoms with Gasteiger partial charge in [0, 0.05) is 10.4 Å². The number of rotatable bonds is 1. The van der Waals surface area contributed by atoms with Crippen molar-refractivity contribution in [3.8, 4) is 0 Å². The lowest BCUT2D eigenvalue weighted by Crippen LogP contribution is -2.56. The van der Waals surface area contributed by atoms with E-state index in [1.54, 1.807) is 0 Å². The van der Waals surface area contributed by atoms with Crippen molar-refractivity contribution in [1.29, 1.82) is 0 Å². The largest absolute Gasteiger partial charge is 0.301 e. The summed E-state index contributed by atoms with van der Waals surface area (Å²) >= 11 is 3.50. The molecule has 3 fully saturated rings. The molecule has 3 saturated heterocycles. The number of benzene rings is 1. The molecule has 2 unspecified atom stereocenters. The van der Waals surface area contributed by atoms with Crippen molar-refractivity contribution in [3.63, 3.8) is 0 Å². The molecular formula is C14H16BrN3. The van der Waals surface area contributed by atoms with Crippen LogP contribution in [-0.2, 0) is 0 Å². The molecule has 2 atom stereocenters. The molecule has 4 aliphatic rings. The first kappa shape index (κ1) is 11.0. The number of fused-ring (bicyclic) bond motifs is 2. The number of nitrogens with one attached hydrogen (secondary N) is 1. The van der Waals surface area contributed by atoms with E-state index in [9.17, 15) is 0 Å². The van der Waals surface area contributed by atoms with Gasteiger partial charge in [-0.25, -0.2) is 0 Å². The summed E-state index contributed by atoms with van der Waals surface area (Å²) in [4.78, 5) is 2.60. The molecule has 18 heavy (non-hydrogen) atoms. The minimum absolute atomic E-state index is 0.344. The van der Waals surface area contributed by atoms with Crippen LogP contribution < -0.4 is 5.43 Å². The summed E-state index contributed by atoms with van der Waals surface area (Å²) in [6.07, 6.45) is 2.59. The molecule has 0 amide bonds. The van der Waals surface area contributed by atoms with E-state index in [0.717, 1.165) is 10.4 Å². The van der Waals surface area contributed by atoms with Gasteiger partial charge in [-0.05, 0) is 43.6 Å². The zero-order valence-corrected chi connectivity index (χ0v) is 11.7. The van der Waals surface area contributed by atoms with Gasteiger partial charge < -0.3 is 5.43 Å². The molecule has 1 aromatic carbocycles. The van der Waals surface area contributed by atoms with Gasteiger partial charge in [-0.1, -0.05) is 28.1 Å². The average Bonchev–Trinajstić information content (AvgIpc) is 2.88. The Balaban J connectivity index is 1.67. The molecule has 0 spiro atoms. The summed E-state index contributed by atoms with van der Waals surface area (Å²) in [5.41, 5.74) is 6.11. The van der Waals surface area contributed by atoms with Crippen LogP contribution in [0.1, 0.15) is 24.4 Å². The molecular weight excluding hydrogens is 290 g/mol. The van der Waals surface area contributed by atoms with Crippen molar-refractivity contribution < 1.29 is 0 Å². The Morgan fingerprint density at radius 3 is 2.61 bits per heavy atom. The minimum atomic E-state index is 0.344. The summed E-state index contributed by atoms with van der Waals surface area (Å²) in [7, 11) is 0. The average molecular weight is 306 g/mol. The van der Waals surface area contributed by atoms with Crippen molar-refractivity contribution in [3.05, 3.63) is 34.3 Å². The zero-order valence-electron chi connectivity index (χ0n) is 10.1. The van der Waals surface area contributed by atoms with Crippen LogP contribution in [0.15, 0.2) is 33.8 Å².